The average Bonchev–Trinajstić information content (AvgIpc) is 2.54. The second-order valence-electron chi connectivity index (χ2n) is 4.93. The molecule has 0 bridgehead atoms. The molecular weight excluding hydrogens is 306 g/mol. The van der Waals surface area contributed by atoms with E-state index in [-0.39, 0.29) is 12.4 Å². The minimum atomic E-state index is -1.55. The van der Waals surface area contributed by atoms with Crippen molar-refractivity contribution in [2.24, 2.45) is 5.73 Å². The number of benzene rings is 1. The zero-order chi connectivity index (χ0) is 17.4. The van der Waals surface area contributed by atoms with Crippen LogP contribution in [0.1, 0.15) is 12.5 Å². The molecular formula is C15H21NO7. The fourth-order valence-corrected chi connectivity index (χ4v) is 1.91. The van der Waals surface area contributed by atoms with Gasteiger partial charge in [0.15, 0.2) is 0 Å². The molecule has 0 aromatic heterocycles. The second kappa shape index (κ2) is 9.33. The van der Waals surface area contributed by atoms with Gasteiger partial charge in [0.25, 0.3) is 0 Å². The molecule has 0 spiro atoms. The highest BCUT2D eigenvalue weighted by molar-refractivity contribution is 5.69. The number of aliphatic hydroxyl groups is 3. The molecule has 0 unspecified atom stereocenters. The highest BCUT2D eigenvalue weighted by atomic mass is 16.5. The van der Waals surface area contributed by atoms with Crippen LogP contribution in [0.25, 0.3) is 0 Å². The average molecular weight is 327 g/mol. The van der Waals surface area contributed by atoms with E-state index in [1.54, 1.807) is 24.3 Å². The van der Waals surface area contributed by atoms with Crippen molar-refractivity contribution < 1.29 is 34.4 Å². The van der Waals surface area contributed by atoms with Crippen LogP contribution in [0.2, 0.25) is 0 Å². The third-order valence-electron chi connectivity index (χ3n) is 3.11. The summed E-state index contributed by atoms with van der Waals surface area (Å²) in [6, 6.07) is 5.36. The summed E-state index contributed by atoms with van der Waals surface area (Å²) in [7, 11) is 0. The van der Waals surface area contributed by atoms with Crippen LogP contribution >= 0.6 is 0 Å². The SMILES string of the molecule is CC(=O)Oc1ccccc1CO[C@@H]([C@@H](O)[C@H](O)CO)[C@@H](N)C=O. The van der Waals surface area contributed by atoms with Crippen LogP contribution in [0.4, 0.5) is 0 Å². The van der Waals surface area contributed by atoms with Crippen molar-refractivity contribution in [1.82, 2.24) is 0 Å². The Bertz CT molecular complexity index is 522. The van der Waals surface area contributed by atoms with Gasteiger partial charge in [0.05, 0.1) is 19.3 Å². The van der Waals surface area contributed by atoms with Crippen LogP contribution < -0.4 is 10.5 Å². The Labute approximate surface area is 133 Å². The van der Waals surface area contributed by atoms with Gasteiger partial charge in [-0.05, 0) is 6.07 Å². The first kappa shape index (κ1) is 19.2. The number of aldehydes is 1. The summed E-state index contributed by atoms with van der Waals surface area (Å²) in [5, 5.41) is 28.3. The monoisotopic (exact) mass is 327 g/mol. The molecule has 128 valence electrons. The van der Waals surface area contributed by atoms with Crippen molar-refractivity contribution >= 4 is 12.3 Å². The molecule has 0 heterocycles. The van der Waals surface area contributed by atoms with E-state index in [9.17, 15) is 19.8 Å². The van der Waals surface area contributed by atoms with Gasteiger partial charge in [0, 0.05) is 12.5 Å². The summed E-state index contributed by atoms with van der Waals surface area (Å²) in [4.78, 5) is 21.9. The van der Waals surface area contributed by atoms with E-state index in [0.717, 1.165) is 0 Å². The first-order valence-electron chi connectivity index (χ1n) is 6.96. The lowest BCUT2D eigenvalue weighted by atomic mass is 10.0. The smallest absolute Gasteiger partial charge is 0.308 e. The molecule has 1 aromatic carbocycles. The molecule has 0 aliphatic carbocycles. The third kappa shape index (κ3) is 5.70. The van der Waals surface area contributed by atoms with Crippen molar-refractivity contribution in [1.29, 1.82) is 0 Å². The number of hydrogen-bond acceptors (Lipinski definition) is 8. The second-order valence-corrected chi connectivity index (χ2v) is 4.93. The predicted molar refractivity (Wildman–Crippen MR) is 79.5 cm³/mol. The number of carbonyl (C=O) groups excluding carboxylic acids is 2. The lowest BCUT2D eigenvalue weighted by Gasteiger charge is -2.28. The van der Waals surface area contributed by atoms with E-state index in [1.165, 1.54) is 6.92 Å². The number of para-hydroxylation sites is 1. The van der Waals surface area contributed by atoms with Gasteiger partial charge < -0.3 is 35.3 Å². The minimum Gasteiger partial charge on any atom is -0.426 e. The summed E-state index contributed by atoms with van der Waals surface area (Å²) in [5.41, 5.74) is 6.06. The summed E-state index contributed by atoms with van der Waals surface area (Å²) in [6.45, 7) is 0.422. The van der Waals surface area contributed by atoms with Crippen molar-refractivity contribution in [3.63, 3.8) is 0 Å². The fraction of sp³-hybridized carbons (Fsp3) is 0.467. The Hall–Kier alpha value is -1.84. The number of nitrogens with two attached hydrogens (primary N) is 1. The Balaban J connectivity index is 2.86. The third-order valence-corrected chi connectivity index (χ3v) is 3.11. The summed E-state index contributed by atoms with van der Waals surface area (Å²) >= 11 is 0. The Morgan fingerprint density at radius 1 is 1.35 bits per heavy atom. The lowest BCUT2D eigenvalue weighted by Crippen LogP contribution is -2.51. The first-order valence-corrected chi connectivity index (χ1v) is 6.96. The number of esters is 1. The molecule has 0 saturated carbocycles. The van der Waals surface area contributed by atoms with Crippen molar-refractivity contribution in [2.75, 3.05) is 6.61 Å². The molecule has 0 radical (unpaired) electrons. The minimum absolute atomic E-state index is 0.120. The van der Waals surface area contributed by atoms with Gasteiger partial charge in [-0.2, -0.15) is 0 Å². The van der Waals surface area contributed by atoms with E-state index >= 15 is 0 Å². The van der Waals surface area contributed by atoms with Gasteiger partial charge >= 0.3 is 5.97 Å². The standard InChI is InChI=1S/C15H21NO7/c1-9(19)23-13-5-3-2-4-10(13)8-22-15(11(16)6-17)14(21)12(20)7-18/h2-6,11-12,14-15,18,20-21H,7-8,16H2,1H3/t11-,12+,14-,15+/m0/s1. The van der Waals surface area contributed by atoms with E-state index in [4.69, 9.17) is 20.3 Å². The molecule has 1 rings (SSSR count). The van der Waals surface area contributed by atoms with Gasteiger partial charge in [0.2, 0.25) is 0 Å². The highest BCUT2D eigenvalue weighted by Crippen LogP contribution is 2.21. The number of rotatable bonds is 9. The maximum absolute atomic E-state index is 11.1. The molecule has 8 heteroatoms. The van der Waals surface area contributed by atoms with Crippen molar-refractivity contribution in [3.05, 3.63) is 29.8 Å². The zero-order valence-corrected chi connectivity index (χ0v) is 12.7. The molecule has 0 aliphatic heterocycles. The molecule has 0 fully saturated rings. The molecule has 0 aliphatic rings. The highest BCUT2D eigenvalue weighted by Gasteiger charge is 2.32. The van der Waals surface area contributed by atoms with Crippen LogP contribution in [0, 0.1) is 0 Å². The molecule has 5 N–H and O–H groups in total. The maximum atomic E-state index is 11.1. The van der Waals surface area contributed by atoms with Crippen LogP contribution in [-0.4, -0.2) is 58.5 Å². The normalized spacial score (nSPS) is 16.2. The van der Waals surface area contributed by atoms with E-state index in [0.29, 0.717) is 11.8 Å². The van der Waals surface area contributed by atoms with E-state index < -0.39 is 36.9 Å². The van der Waals surface area contributed by atoms with Crippen LogP contribution in [0.5, 0.6) is 5.75 Å². The van der Waals surface area contributed by atoms with Gasteiger partial charge in [0.1, 0.15) is 30.3 Å². The Morgan fingerprint density at radius 2 is 2.00 bits per heavy atom. The number of ether oxygens (including phenoxy) is 2. The Kier molecular flexibility index (Phi) is 7.79. The number of aliphatic hydroxyl groups excluding tert-OH is 3. The summed E-state index contributed by atoms with van der Waals surface area (Å²) < 4.78 is 10.4. The topological polar surface area (TPSA) is 139 Å². The predicted octanol–water partition coefficient (Wildman–Crippen LogP) is -1.26. The lowest BCUT2D eigenvalue weighted by molar-refractivity contribution is -0.132. The van der Waals surface area contributed by atoms with Crippen LogP contribution in [0.3, 0.4) is 0 Å². The van der Waals surface area contributed by atoms with Gasteiger partial charge in [-0.25, -0.2) is 0 Å². The van der Waals surface area contributed by atoms with Crippen molar-refractivity contribution in [3.8, 4) is 5.75 Å². The molecule has 23 heavy (non-hydrogen) atoms. The fourth-order valence-electron chi connectivity index (χ4n) is 1.91. The first-order chi connectivity index (χ1) is 10.9. The quantitative estimate of drug-likeness (QED) is 0.250. The summed E-state index contributed by atoms with van der Waals surface area (Å²) in [5.74, 6) is -0.232. The molecule has 1 aromatic rings. The van der Waals surface area contributed by atoms with Gasteiger partial charge in [-0.1, -0.05) is 18.2 Å². The van der Waals surface area contributed by atoms with Crippen LogP contribution in [-0.2, 0) is 20.9 Å². The largest absolute Gasteiger partial charge is 0.426 e. The molecule has 0 saturated heterocycles. The van der Waals surface area contributed by atoms with Gasteiger partial charge in [-0.15, -0.1) is 0 Å². The number of carbonyl (C=O) groups is 2. The summed E-state index contributed by atoms with van der Waals surface area (Å²) in [6.07, 6.45) is -3.92. The maximum Gasteiger partial charge on any atom is 0.308 e. The van der Waals surface area contributed by atoms with Gasteiger partial charge in [-0.3, -0.25) is 4.79 Å². The molecule has 0 amide bonds. The van der Waals surface area contributed by atoms with E-state index in [1.807, 2.05) is 0 Å². The molecule has 4 atom stereocenters. The molecule has 8 nitrogen and oxygen atoms in total. The van der Waals surface area contributed by atoms with Crippen molar-refractivity contribution in [2.45, 2.75) is 37.9 Å². The van der Waals surface area contributed by atoms with Crippen LogP contribution in [0.15, 0.2) is 24.3 Å². The van der Waals surface area contributed by atoms with E-state index in [2.05, 4.69) is 0 Å². The number of hydrogen-bond donors (Lipinski definition) is 4. The Morgan fingerprint density at radius 3 is 2.57 bits per heavy atom. The zero-order valence-electron chi connectivity index (χ0n) is 12.7.